The monoisotopic (exact) mass is 246 g/mol. The Kier molecular flexibility index (Phi) is 3.62. The summed E-state index contributed by atoms with van der Waals surface area (Å²) < 4.78 is 0. The predicted octanol–water partition coefficient (Wildman–Crippen LogP) is 2.00. The van der Waals surface area contributed by atoms with Gasteiger partial charge in [-0.2, -0.15) is 0 Å². The summed E-state index contributed by atoms with van der Waals surface area (Å²) in [6, 6.07) is 4.43. The number of aliphatic hydroxyl groups excluding tert-OH is 1. The van der Waals surface area contributed by atoms with Crippen LogP contribution in [-0.4, -0.2) is 28.8 Å². The second-order valence-corrected chi connectivity index (χ2v) is 5.59. The van der Waals surface area contributed by atoms with Crippen LogP contribution in [0.5, 0.6) is 0 Å². The summed E-state index contributed by atoms with van der Waals surface area (Å²) in [6.07, 6.45) is 8.51. The van der Waals surface area contributed by atoms with Gasteiger partial charge in [0.15, 0.2) is 0 Å². The molecule has 1 aliphatic heterocycles. The third kappa shape index (κ3) is 2.29. The number of fused-ring (bicyclic) bond motifs is 1. The number of aryl methyl sites for hydroxylation is 1. The SMILES string of the molecule is OC(C1CCCCN1)C1CCCc2cccnc21. The molecule has 18 heavy (non-hydrogen) atoms. The number of nitrogens with zero attached hydrogens (tertiary/aromatic N) is 1. The van der Waals surface area contributed by atoms with Gasteiger partial charge in [0.1, 0.15) is 0 Å². The second kappa shape index (κ2) is 5.37. The molecule has 0 aromatic carbocycles. The van der Waals surface area contributed by atoms with E-state index < -0.39 is 0 Å². The van der Waals surface area contributed by atoms with Gasteiger partial charge < -0.3 is 10.4 Å². The maximum atomic E-state index is 10.6. The lowest BCUT2D eigenvalue weighted by atomic mass is 9.79. The Bertz CT molecular complexity index is 401. The van der Waals surface area contributed by atoms with Crippen molar-refractivity contribution < 1.29 is 5.11 Å². The van der Waals surface area contributed by atoms with E-state index in [0.717, 1.165) is 31.5 Å². The van der Waals surface area contributed by atoms with Gasteiger partial charge in [-0.1, -0.05) is 12.5 Å². The highest BCUT2D eigenvalue weighted by Crippen LogP contribution is 2.34. The van der Waals surface area contributed by atoms with Crippen molar-refractivity contribution in [2.24, 2.45) is 0 Å². The van der Waals surface area contributed by atoms with E-state index in [-0.39, 0.29) is 18.1 Å². The molecule has 0 spiro atoms. The van der Waals surface area contributed by atoms with Gasteiger partial charge >= 0.3 is 0 Å². The number of hydrogen-bond donors (Lipinski definition) is 2. The van der Waals surface area contributed by atoms with Gasteiger partial charge in [0.2, 0.25) is 0 Å². The first-order valence-electron chi connectivity index (χ1n) is 7.21. The highest BCUT2D eigenvalue weighted by Gasteiger charge is 2.33. The lowest BCUT2D eigenvalue weighted by Crippen LogP contribution is -2.46. The molecule has 3 atom stereocenters. The van der Waals surface area contributed by atoms with Crippen LogP contribution in [0.15, 0.2) is 18.3 Å². The Morgan fingerprint density at radius 3 is 3.06 bits per heavy atom. The van der Waals surface area contributed by atoms with Crippen LogP contribution >= 0.6 is 0 Å². The third-order valence-electron chi connectivity index (χ3n) is 4.41. The van der Waals surface area contributed by atoms with Gasteiger partial charge in [-0.25, -0.2) is 0 Å². The number of aromatic nitrogens is 1. The average molecular weight is 246 g/mol. The standard InChI is InChI=1S/C15H22N2O/c18-15(13-8-1-2-9-16-13)12-7-3-5-11-6-4-10-17-14(11)12/h4,6,10,12-13,15-16,18H,1-3,5,7-9H2. The number of aliphatic hydroxyl groups is 1. The van der Waals surface area contributed by atoms with Crippen molar-refractivity contribution in [3.05, 3.63) is 29.6 Å². The van der Waals surface area contributed by atoms with Crippen molar-refractivity contribution in [3.8, 4) is 0 Å². The summed E-state index contributed by atoms with van der Waals surface area (Å²) in [5, 5.41) is 14.1. The molecule has 0 radical (unpaired) electrons. The predicted molar refractivity (Wildman–Crippen MR) is 71.6 cm³/mol. The minimum absolute atomic E-state index is 0.227. The van der Waals surface area contributed by atoms with Crippen molar-refractivity contribution >= 4 is 0 Å². The minimum atomic E-state index is -0.278. The third-order valence-corrected chi connectivity index (χ3v) is 4.41. The molecule has 1 aromatic heterocycles. The lowest BCUT2D eigenvalue weighted by Gasteiger charge is -2.35. The van der Waals surface area contributed by atoms with E-state index in [9.17, 15) is 5.11 Å². The first-order chi connectivity index (χ1) is 8.86. The summed E-state index contributed by atoms with van der Waals surface area (Å²) in [7, 11) is 0. The molecule has 2 aliphatic rings. The molecule has 1 fully saturated rings. The normalized spacial score (nSPS) is 29.6. The first kappa shape index (κ1) is 12.1. The summed E-state index contributed by atoms with van der Waals surface area (Å²) in [4.78, 5) is 4.53. The smallest absolute Gasteiger partial charge is 0.0776 e. The van der Waals surface area contributed by atoms with Crippen LogP contribution < -0.4 is 5.32 Å². The Morgan fingerprint density at radius 2 is 2.22 bits per heavy atom. The molecule has 1 aliphatic carbocycles. The number of nitrogens with one attached hydrogen (secondary N) is 1. The zero-order valence-corrected chi connectivity index (χ0v) is 10.8. The van der Waals surface area contributed by atoms with Crippen LogP contribution in [0, 0.1) is 0 Å². The molecule has 0 amide bonds. The topological polar surface area (TPSA) is 45.1 Å². The largest absolute Gasteiger partial charge is 0.391 e. The quantitative estimate of drug-likeness (QED) is 0.839. The fourth-order valence-corrected chi connectivity index (χ4v) is 3.43. The van der Waals surface area contributed by atoms with Crippen molar-refractivity contribution in [2.75, 3.05) is 6.54 Å². The maximum Gasteiger partial charge on any atom is 0.0776 e. The van der Waals surface area contributed by atoms with Crippen molar-refractivity contribution in [3.63, 3.8) is 0 Å². The van der Waals surface area contributed by atoms with E-state index in [1.54, 1.807) is 0 Å². The molecule has 3 nitrogen and oxygen atoms in total. The van der Waals surface area contributed by atoms with Crippen LogP contribution in [0.2, 0.25) is 0 Å². The first-order valence-corrected chi connectivity index (χ1v) is 7.21. The summed E-state index contributed by atoms with van der Waals surface area (Å²) in [6.45, 7) is 1.05. The van der Waals surface area contributed by atoms with E-state index in [0.29, 0.717) is 0 Å². The Labute approximate surface area is 109 Å². The van der Waals surface area contributed by atoms with Crippen LogP contribution in [-0.2, 0) is 6.42 Å². The van der Waals surface area contributed by atoms with E-state index in [1.807, 2.05) is 12.3 Å². The fourth-order valence-electron chi connectivity index (χ4n) is 3.43. The van der Waals surface area contributed by atoms with Crippen LogP contribution in [0.1, 0.15) is 49.3 Å². The second-order valence-electron chi connectivity index (χ2n) is 5.59. The molecule has 3 rings (SSSR count). The van der Waals surface area contributed by atoms with Crippen molar-refractivity contribution in [2.45, 2.75) is 56.6 Å². The Morgan fingerprint density at radius 1 is 1.28 bits per heavy atom. The molecular formula is C15H22N2O. The fraction of sp³-hybridized carbons (Fsp3) is 0.667. The van der Waals surface area contributed by atoms with Gasteiger partial charge in [-0.05, 0) is 50.3 Å². The number of piperidine rings is 1. The number of hydrogen-bond acceptors (Lipinski definition) is 3. The highest BCUT2D eigenvalue weighted by atomic mass is 16.3. The maximum absolute atomic E-state index is 10.6. The summed E-state index contributed by atoms with van der Waals surface area (Å²) in [5.41, 5.74) is 2.48. The van der Waals surface area contributed by atoms with E-state index in [2.05, 4.69) is 16.4 Å². The van der Waals surface area contributed by atoms with Gasteiger partial charge in [0.25, 0.3) is 0 Å². The molecule has 3 unspecified atom stereocenters. The van der Waals surface area contributed by atoms with Gasteiger partial charge in [0, 0.05) is 23.9 Å². The lowest BCUT2D eigenvalue weighted by molar-refractivity contribution is 0.0792. The van der Waals surface area contributed by atoms with Gasteiger partial charge in [0.05, 0.1) is 6.10 Å². The minimum Gasteiger partial charge on any atom is -0.391 e. The molecule has 2 N–H and O–H groups in total. The van der Waals surface area contributed by atoms with Crippen molar-refractivity contribution in [1.82, 2.24) is 10.3 Å². The van der Waals surface area contributed by atoms with Crippen LogP contribution in [0.4, 0.5) is 0 Å². The molecule has 0 saturated carbocycles. The molecule has 0 bridgehead atoms. The Hall–Kier alpha value is -0.930. The summed E-state index contributed by atoms with van der Waals surface area (Å²) >= 11 is 0. The van der Waals surface area contributed by atoms with E-state index >= 15 is 0 Å². The van der Waals surface area contributed by atoms with Gasteiger partial charge in [-0.15, -0.1) is 0 Å². The average Bonchev–Trinajstić information content (AvgIpc) is 2.47. The van der Waals surface area contributed by atoms with Crippen LogP contribution in [0.3, 0.4) is 0 Å². The van der Waals surface area contributed by atoms with Gasteiger partial charge in [-0.3, -0.25) is 4.98 Å². The van der Waals surface area contributed by atoms with E-state index in [1.165, 1.54) is 24.8 Å². The molecule has 1 saturated heterocycles. The Balaban J connectivity index is 1.80. The van der Waals surface area contributed by atoms with Crippen LogP contribution in [0.25, 0.3) is 0 Å². The molecule has 3 heteroatoms. The number of rotatable bonds is 2. The van der Waals surface area contributed by atoms with E-state index in [4.69, 9.17) is 0 Å². The van der Waals surface area contributed by atoms with Crippen molar-refractivity contribution in [1.29, 1.82) is 0 Å². The zero-order valence-electron chi connectivity index (χ0n) is 10.8. The molecule has 2 heterocycles. The zero-order chi connectivity index (χ0) is 12.4. The summed E-state index contributed by atoms with van der Waals surface area (Å²) in [5.74, 6) is 0.227. The molecule has 98 valence electrons. The molecule has 1 aromatic rings. The number of pyridine rings is 1. The molecular weight excluding hydrogens is 224 g/mol. The highest BCUT2D eigenvalue weighted by molar-refractivity contribution is 5.27.